The Morgan fingerprint density at radius 3 is 2.69 bits per heavy atom. The van der Waals surface area contributed by atoms with Crippen molar-refractivity contribution < 1.29 is 18.7 Å². The quantitative estimate of drug-likeness (QED) is 0.677. The van der Waals surface area contributed by atoms with E-state index in [4.69, 9.17) is 5.11 Å². The number of halogens is 2. The summed E-state index contributed by atoms with van der Waals surface area (Å²) in [6.45, 7) is 1.31. The lowest BCUT2D eigenvalue weighted by molar-refractivity contribution is -0.129. The molecule has 13 heavy (non-hydrogen) atoms. The summed E-state index contributed by atoms with van der Waals surface area (Å²) in [5.41, 5.74) is 0. The van der Waals surface area contributed by atoms with Gasteiger partial charge in [-0.05, 0) is 13.3 Å². The monoisotopic (exact) mass is 193 g/mol. The van der Waals surface area contributed by atoms with Crippen LogP contribution >= 0.6 is 0 Å². The fourth-order valence-corrected chi connectivity index (χ4v) is 1.40. The zero-order valence-electron chi connectivity index (χ0n) is 7.39. The van der Waals surface area contributed by atoms with Crippen molar-refractivity contribution in [1.29, 1.82) is 0 Å². The van der Waals surface area contributed by atoms with Gasteiger partial charge in [-0.3, -0.25) is 4.79 Å². The SMILES string of the molecule is CC(O)C(=O)NC1CCC(F)(F)C1. The van der Waals surface area contributed by atoms with Gasteiger partial charge in [-0.15, -0.1) is 0 Å². The average Bonchev–Trinajstić information content (AvgIpc) is 2.30. The second-order valence-electron chi connectivity index (χ2n) is 3.48. The van der Waals surface area contributed by atoms with E-state index in [-0.39, 0.29) is 19.3 Å². The molecular weight excluding hydrogens is 180 g/mol. The Morgan fingerprint density at radius 2 is 2.31 bits per heavy atom. The van der Waals surface area contributed by atoms with Crippen LogP contribution in [0.4, 0.5) is 8.78 Å². The van der Waals surface area contributed by atoms with E-state index >= 15 is 0 Å². The number of nitrogens with one attached hydrogen (secondary N) is 1. The van der Waals surface area contributed by atoms with Crippen molar-refractivity contribution in [2.75, 3.05) is 0 Å². The van der Waals surface area contributed by atoms with Crippen LogP contribution < -0.4 is 5.32 Å². The molecule has 0 saturated heterocycles. The van der Waals surface area contributed by atoms with E-state index in [2.05, 4.69) is 5.32 Å². The number of hydrogen-bond acceptors (Lipinski definition) is 2. The van der Waals surface area contributed by atoms with E-state index in [0.29, 0.717) is 0 Å². The maximum Gasteiger partial charge on any atom is 0.250 e. The molecule has 1 aliphatic carbocycles. The molecule has 3 nitrogen and oxygen atoms in total. The van der Waals surface area contributed by atoms with Gasteiger partial charge in [0.05, 0.1) is 0 Å². The standard InChI is InChI=1S/C8H13F2NO2/c1-5(12)7(13)11-6-2-3-8(9,10)4-6/h5-6,12H,2-4H2,1H3,(H,11,13). The molecule has 2 unspecified atom stereocenters. The molecule has 0 spiro atoms. The number of carbonyl (C=O) groups is 1. The molecule has 2 atom stereocenters. The second-order valence-corrected chi connectivity index (χ2v) is 3.48. The fourth-order valence-electron chi connectivity index (χ4n) is 1.40. The van der Waals surface area contributed by atoms with Crippen molar-refractivity contribution in [3.63, 3.8) is 0 Å². The van der Waals surface area contributed by atoms with Crippen molar-refractivity contribution in [2.24, 2.45) is 0 Å². The number of alkyl halides is 2. The summed E-state index contributed by atoms with van der Waals surface area (Å²) in [6, 6.07) is -0.489. The second kappa shape index (κ2) is 3.57. The molecule has 1 saturated carbocycles. The first-order valence-electron chi connectivity index (χ1n) is 4.27. The van der Waals surface area contributed by atoms with E-state index in [1.807, 2.05) is 0 Å². The molecule has 1 aliphatic rings. The van der Waals surface area contributed by atoms with Crippen LogP contribution in [0.5, 0.6) is 0 Å². The van der Waals surface area contributed by atoms with Crippen LogP contribution in [0.1, 0.15) is 26.2 Å². The van der Waals surface area contributed by atoms with Crippen molar-refractivity contribution in [1.82, 2.24) is 5.32 Å². The van der Waals surface area contributed by atoms with E-state index < -0.39 is 24.0 Å². The average molecular weight is 193 g/mol. The van der Waals surface area contributed by atoms with Crippen molar-refractivity contribution in [3.8, 4) is 0 Å². The number of rotatable bonds is 2. The smallest absolute Gasteiger partial charge is 0.250 e. The van der Waals surface area contributed by atoms with Crippen LogP contribution in [0.25, 0.3) is 0 Å². The molecule has 0 aromatic heterocycles. The number of aliphatic hydroxyl groups is 1. The minimum absolute atomic E-state index is 0.183. The maximum absolute atomic E-state index is 12.6. The lowest BCUT2D eigenvalue weighted by atomic mass is 10.2. The molecular formula is C8H13F2NO2. The maximum atomic E-state index is 12.6. The first kappa shape index (κ1) is 10.4. The van der Waals surface area contributed by atoms with Crippen LogP contribution in [0, 0.1) is 0 Å². The van der Waals surface area contributed by atoms with Gasteiger partial charge in [0.25, 0.3) is 0 Å². The third kappa shape index (κ3) is 2.91. The molecule has 1 amide bonds. The molecule has 0 radical (unpaired) electrons. The molecule has 0 aromatic carbocycles. The zero-order valence-corrected chi connectivity index (χ0v) is 7.39. The highest BCUT2D eigenvalue weighted by atomic mass is 19.3. The van der Waals surface area contributed by atoms with Crippen molar-refractivity contribution in [3.05, 3.63) is 0 Å². The highest BCUT2D eigenvalue weighted by molar-refractivity contribution is 5.80. The Kier molecular flexibility index (Phi) is 2.85. The number of aliphatic hydroxyl groups excluding tert-OH is 1. The van der Waals surface area contributed by atoms with E-state index in [1.165, 1.54) is 6.92 Å². The number of hydrogen-bond donors (Lipinski definition) is 2. The zero-order chi connectivity index (χ0) is 10.1. The van der Waals surface area contributed by atoms with Crippen LogP contribution in [-0.4, -0.2) is 29.1 Å². The minimum Gasteiger partial charge on any atom is -0.384 e. The Morgan fingerprint density at radius 1 is 1.69 bits per heavy atom. The van der Waals surface area contributed by atoms with Gasteiger partial charge >= 0.3 is 0 Å². The molecule has 0 aliphatic heterocycles. The Labute approximate surface area is 75.1 Å². The summed E-state index contributed by atoms with van der Waals surface area (Å²) in [5.74, 6) is -3.24. The summed E-state index contributed by atoms with van der Waals surface area (Å²) < 4.78 is 25.3. The minimum atomic E-state index is -2.66. The summed E-state index contributed by atoms with van der Waals surface area (Å²) in [5, 5.41) is 11.2. The topological polar surface area (TPSA) is 49.3 Å². The highest BCUT2D eigenvalue weighted by Crippen LogP contribution is 2.34. The molecule has 76 valence electrons. The highest BCUT2D eigenvalue weighted by Gasteiger charge is 2.40. The van der Waals surface area contributed by atoms with Gasteiger partial charge in [0, 0.05) is 18.9 Å². The number of carbonyl (C=O) groups excluding carboxylic acids is 1. The van der Waals surface area contributed by atoms with Crippen LogP contribution in [0.15, 0.2) is 0 Å². The van der Waals surface area contributed by atoms with Gasteiger partial charge in [0.1, 0.15) is 6.10 Å². The molecule has 5 heteroatoms. The first-order chi connectivity index (χ1) is 5.91. The fraction of sp³-hybridized carbons (Fsp3) is 0.875. The lowest BCUT2D eigenvalue weighted by Crippen LogP contribution is -2.39. The van der Waals surface area contributed by atoms with Gasteiger partial charge in [-0.25, -0.2) is 8.78 Å². The Balaban J connectivity index is 2.37. The Hall–Kier alpha value is -0.710. The molecule has 1 rings (SSSR count). The molecule has 0 aromatic rings. The third-order valence-corrected chi connectivity index (χ3v) is 2.13. The Bertz CT molecular complexity index is 206. The van der Waals surface area contributed by atoms with Crippen LogP contribution in [0.3, 0.4) is 0 Å². The molecule has 0 bridgehead atoms. The molecule has 1 fully saturated rings. The normalized spacial score (nSPS) is 28.5. The van der Waals surface area contributed by atoms with Crippen molar-refractivity contribution in [2.45, 2.75) is 44.3 Å². The van der Waals surface area contributed by atoms with Gasteiger partial charge < -0.3 is 10.4 Å². The van der Waals surface area contributed by atoms with Gasteiger partial charge in [-0.2, -0.15) is 0 Å². The van der Waals surface area contributed by atoms with Crippen LogP contribution in [0.2, 0.25) is 0 Å². The lowest BCUT2D eigenvalue weighted by Gasteiger charge is -2.13. The summed E-state index contributed by atoms with van der Waals surface area (Å²) in [6.07, 6.45) is -1.34. The van der Waals surface area contributed by atoms with Gasteiger partial charge in [0.15, 0.2) is 0 Å². The largest absolute Gasteiger partial charge is 0.384 e. The predicted octanol–water partition coefficient (Wildman–Crippen LogP) is 0.671. The van der Waals surface area contributed by atoms with Gasteiger partial charge in [0.2, 0.25) is 11.8 Å². The van der Waals surface area contributed by atoms with E-state index in [1.54, 1.807) is 0 Å². The van der Waals surface area contributed by atoms with Gasteiger partial charge in [-0.1, -0.05) is 0 Å². The number of amides is 1. The molecule has 2 N–H and O–H groups in total. The predicted molar refractivity (Wildman–Crippen MR) is 42.4 cm³/mol. The summed E-state index contributed by atoms with van der Waals surface area (Å²) >= 11 is 0. The summed E-state index contributed by atoms with van der Waals surface area (Å²) in [4.78, 5) is 10.9. The van der Waals surface area contributed by atoms with Crippen LogP contribution in [-0.2, 0) is 4.79 Å². The summed E-state index contributed by atoms with van der Waals surface area (Å²) in [7, 11) is 0. The molecule has 0 heterocycles. The van der Waals surface area contributed by atoms with Crippen molar-refractivity contribution >= 4 is 5.91 Å². The third-order valence-electron chi connectivity index (χ3n) is 2.13. The first-order valence-corrected chi connectivity index (χ1v) is 4.27. The van der Waals surface area contributed by atoms with E-state index in [0.717, 1.165) is 0 Å². The van der Waals surface area contributed by atoms with E-state index in [9.17, 15) is 13.6 Å².